The number of hydrogen-bond acceptors (Lipinski definition) is 4. The SMILES string of the molecule is CCCC(C)(O)CNC(C)C(OC)OC. The Bertz CT molecular complexity index is 158. The van der Waals surface area contributed by atoms with Crippen molar-refractivity contribution in [2.45, 2.75) is 51.5 Å². The van der Waals surface area contributed by atoms with E-state index < -0.39 is 5.60 Å². The molecule has 4 nitrogen and oxygen atoms in total. The van der Waals surface area contributed by atoms with Crippen molar-refractivity contribution in [2.75, 3.05) is 20.8 Å². The number of methoxy groups -OCH3 is 2. The van der Waals surface area contributed by atoms with Gasteiger partial charge in [0.25, 0.3) is 0 Å². The standard InChI is InChI=1S/C11H25NO3/c1-6-7-11(3,13)8-12-9(2)10(14-4)15-5/h9-10,12-13H,6-8H2,1-5H3. The minimum atomic E-state index is -0.658. The minimum Gasteiger partial charge on any atom is -0.389 e. The second-order valence-electron chi connectivity index (χ2n) is 4.26. The molecule has 0 aliphatic rings. The molecule has 2 unspecified atom stereocenters. The van der Waals surface area contributed by atoms with Gasteiger partial charge in [0.15, 0.2) is 6.29 Å². The first-order valence-corrected chi connectivity index (χ1v) is 5.48. The Morgan fingerprint density at radius 2 is 1.87 bits per heavy atom. The maximum absolute atomic E-state index is 9.95. The van der Waals surface area contributed by atoms with Gasteiger partial charge < -0.3 is 19.9 Å². The molecule has 0 aromatic carbocycles. The van der Waals surface area contributed by atoms with Crippen molar-refractivity contribution in [1.82, 2.24) is 5.32 Å². The molecule has 0 amide bonds. The van der Waals surface area contributed by atoms with E-state index in [2.05, 4.69) is 12.2 Å². The molecule has 0 radical (unpaired) electrons. The van der Waals surface area contributed by atoms with E-state index in [0.717, 1.165) is 12.8 Å². The van der Waals surface area contributed by atoms with E-state index >= 15 is 0 Å². The number of nitrogens with one attached hydrogen (secondary N) is 1. The van der Waals surface area contributed by atoms with Crippen molar-refractivity contribution in [3.05, 3.63) is 0 Å². The molecule has 92 valence electrons. The van der Waals surface area contributed by atoms with Crippen LogP contribution < -0.4 is 5.32 Å². The van der Waals surface area contributed by atoms with Crippen molar-refractivity contribution in [3.63, 3.8) is 0 Å². The zero-order chi connectivity index (χ0) is 11.9. The predicted molar refractivity (Wildman–Crippen MR) is 60.8 cm³/mol. The van der Waals surface area contributed by atoms with Gasteiger partial charge in [-0.05, 0) is 20.3 Å². The maximum Gasteiger partial charge on any atom is 0.171 e. The minimum absolute atomic E-state index is 0.0586. The Morgan fingerprint density at radius 3 is 2.27 bits per heavy atom. The molecule has 0 bridgehead atoms. The summed E-state index contributed by atoms with van der Waals surface area (Å²) in [5, 5.41) is 13.2. The zero-order valence-electron chi connectivity index (χ0n) is 10.5. The largest absolute Gasteiger partial charge is 0.389 e. The average molecular weight is 219 g/mol. The van der Waals surface area contributed by atoms with Crippen molar-refractivity contribution >= 4 is 0 Å². The molecule has 0 rings (SSSR count). The third-order valence-corrected chi connectivity index (χ3v) is 2.47. The second kappa shape index (κ2) is 7.17. The molecule has 0 spiro atoms. The fraction of sp³-hybridized carbons (Fsp3) is 1.00. The van der Waals surface area contributed by atoms with E-state index in [1.54, 1.807) is 14.2 Å². The molecule has 0 fully saturated rings. The number of ether oxygens (including phenoxy) is 2. The molecule has 0 heterocycles. The van der Waals surface area contributed by atoms with Crippen LogP contribution >= 0.6 is 0 Å². The van der Waals surface area contributed by atoms with E-state index in [1.165, 1.54) is 0 Å². The second-order valence-corrected chi connectivity index (χ2v) is 4.26. The molecule has 2 atom stereocenters. The number of rotatable bonds is 8. The van der Waals surface area contributed by atoms with Gasteiger partial charge in [0, 0.05) is 20.8 Å². The normalized spacial score (nSPS) is 17.8. The zero-order valence-corrected chi connectivity index (χ0v) is 10.5. The van der Waals surface area contributed by atoms with Gasteiger partial charge in [-0.15, -0.1) is 0 Å². The third-order valence-electron chi connectivity index (χ3n) is 2.47. The molecular formula is C11H25NO3. The highest BCUT2D eigenvalue weighted by atomic mass is 16.7. The summed E-state index contributed by atoms with van der Waals surface area (Å²) in [4.78, 5) is 0. The van der Waals surface area contributed by atoms with Crippen LogP contribution in [0.3, 0.4) is 0 Å². The topological polar surface area (TPSA) is 50.7 Å². The van der Waals surface area contributed by atoms with Crippen LogP contribution in [0.1, 0.15) is 33.6 Å². The molecule has 4 heteroatoms. The summed E-state index contributed by atoms with van der Waals surface area (Å²) in [7, 11) is 3.22. The molecule has 15 heavy (non-hydrogen) atoms. The van der Waals surface area contributed by atoms with Gasteiger partial charge in [0.2, 0.25) is 0 Å². The van der Waals surface area contributed by atoms with Crippen LogP contribution in [0.4, 0.5) is 0 Å². The van der Waals surface area contributed by atoms with E-state index in [4.69, 9.17) is 9.47 Å². The van der Waals surface area contributed by atoms with Gasteiger partial charge in [0.05, 0.1) is 11.6 Å². The number of hydrogen-bond donors (Lipinski definition) is 2. The van der Waals surface area contributed by atoms with Crippen LogP contribution in [0.15, 0.2) is 0 Å². The van der Waals surface area contributed by atoms with Crippen molar-refractivity contribution in [2.24, 2.45) is 0 Å². The Hall–Kier alpha value is -0.160. The lowest BCUT2D eigenvalue weighted by molar-refractivity contribution is -0.121. The van der Waals surface area contributed by atoms with Crippen molar-refractivity contribution < 1.29 is 14.6 Å². The summed E-state index contributed by atoms with van der Waals surface area (Å²) in [5.41, 5.74) is -0.658. The van der Waals surface area contributed by atoms with E-state index in [9.17, 15) is 5.11 Å². The first kappa shape index (κ1) is 14.8. The van der Waals surface area contributed by atoms with E-state index in [-0.39, 0.29) is 12.3 Å². The lowest BCUT2D eigenvalue weighted by atomic mass is 10.0. The summed E-state index contributed by atoms with van der Waals surface area (Å²) < 4.78 is 10.2. The van der Waals surface area contributed by atoms with Gasteiger partial charge in [-0.25, -0.2) is 0 Å². The predicted octanol–water partition coefficient (Wildman–Crippen LogP) is 1.13. The number of aliphatic hydroxyl groups is 1. The highest BCUT2D eigenvalue weighted by molar-refractivity contribution is 4.77. The third kappa shape index (κ3) is 6.10. The summed E-state index contributed by atoms with van der Waals surface area (Å²) >= 11 is 0. The molecule has 0 aromatic heterocycles. The molecule has 2 N–H and O–H groups in total. The van der Waals surface area contributed by atoms with Crippen molar-refractivity contribution in [1.29, 1.82) is 0 Å². The van der Waals surface area contributed by atoms with Gasteiger partial charge in [-0.2, -0.15) is 0 Å². The van der Waals surface area contributed by atoms with E-state index in [1.807, 2.05) is 13.8 Å². The van der Waals surface area contributed by atoms with Crippen LogP contribution in [0.2, 0.25) is 0 Å². The molecular weight excluding hydrogens is 194 g/mol. The summed E-state index contributed by atoms with van der Waals surface area (Å²) in [6.45, 7) is 6.42. The maximum atomic E-state index is 9.95. The average Bonchev–Trinajstić information content (AvgIpc) is 2.17. The van der Waals surface area contributed by atoms with Crippen LogP contribution in [0.5, 0.6) is 0 Å². The molecule has 0 saturated carbocycles. The fourth-order valence-electron chi connectivity index (χ4n) is 1.61. The first-order valence-electron chi connectivity index (χ1n) is 5.48. The first-order chi connectivity index (χ1) is 6.96. The lowest BCUT2D eigenvalue weighted by Crippen LogP contribution is -2.46. The van der Waals surface area contributed by atoms with Gasteiger partial charge in [-0.1, -0.05) is 13.3 Å². The Kier molecular flexibility index (Phi) is 7.09. The highest BCUT2D eigenvalue weighted by Gasteiger charge is 2.22. The molecule has 0 aliphatic carbocycles. The lowest BCUT2D eigenvalue weighted by Gasteiger charge is -2.28. The van der Waals surface area contributed by atoms with E-state index in [0.29, 0.717) is 6.54 Å². The Labute approximate surface area is 93.0 Å². The molecule has 0 saturated heterocycles. The quantitative estimate of drug-likeness (QED) is 0.601. The highest BCUT2D eigenvalue weighted by Crippen LogP contribution is 2.11. The fourth-order valence-corrected chi connectivity index (χ4v) is 1.61. The summed E-state index contributed by atoms with van der Waals surface area (Å²) in [6.07, 6.45) is 1.49. The molecule has 0 aliphatic heterocycles. The summed E-state index contributed by atoms with van der Waals surface area (Å²) in [5.74, 6) is 0. The monoisotopic (exact) mass is 219 g/mol. The molecule has 0 aromatic rings. The Morgan fingerprint density at radius 1 is 1.33 bits per heavy atom. The van der Waals surface area contributed by atoms with Gasteiger partial charge >= 0.3 is 0 Å². The summed E-state index contributed by atoms with van der Waals surface area (Å²) in [6, 6.07) is 0.0586. The van der Waals surface area contributed by atoms with Gasteiger partial charge in [0.1, 0.15) is 0 Å². The van der Waals surface area contributed by atoms with Crippen molar-refractivity contribution in [3.8, 4) is 0 Å². The Balaban J connectivity index is 3.92. The smallest absolute Gasteiger partial charge is 0.171 e. The van der Waals surface area contributed by atoms with Crippen LogP contribution in [-0.4, -0.2) is 43.8 Å². The van der Waals surface area contributed by atoms with Crippen LogP contribution in [0, 0.1) is 0 Å². The van der Waals surface area contributed by atoms with Gasteiger partial charge in [-0.3, -0.25) is 0 Å². The van der Waals surface area contributed by atoms with Crippen LogP contribution in [0.25, 0.3) is 0 Å². The van der Waals surface area contributed by atoms with Crippen LogP contribution in [-0.2, 0) is 9.47 Å².